The minimum atomic E-state index is -4.20. The van der Waals surface area contributed by atoms with Gasteiger partial charge in [0.25, 0.3) is 0 Å². The smallest absolute Gasteiger partial charge is 0.456 e. The molecule has 0 saturated heterocycles. The van der Waals surface area contributed by atoms with Gasteiger partial charge in [0.1, 0.15) is 22.8 Å². The minimum Gasteiger partial charge on any atom is -0.456 e. The summed E-state index contributed by atoms with van der Waals surface area (Å²) in [4.78, 5) is 37.8. The predicted octanol–water partition coefficient (Wildman–Crippen LogP) is 7.30. The molecule has 9 heteroatoms. The normalized spacial score (nSPS) is 12.8. The Labute approximate surface area is 237 Å². The first-order valence-corrected chi connectivity index (χ1v) is 13.0. The van der Waals surface area contributed by atoms with E-state index in [1.807, 2.05) is 0 Å². The highest BCUT2D eigenvalue weighted by molar-refractivity contribution is 6.01. The second-order valence-corrected chi connectivity index (χ2v) is 11.5. The Morgan fingerprint density at radius 1 is 0.707 bits per heavy atom. The lowest BCUT2D eigenvalue weighted by Gasteiger charge is -2.23. The molecule has 3 rings (SSSR count). The van der Waals surface area contributed by atoms with E-state index in [1.54, 1.807) is 45.0 Å². The molecule has 3 aromatic carbocycles. The van der Waals surface area contributed by atoms with Gasteiger partial charge in [0, 0.05) is 5.56 Å². The van der Waals surface area contributed by atoms with Crippen LogP contribution in [0.1, 0.15) is 79.3 Å². The first kappa shape index (κ1) is 31.4. The second kappa shape index (κ2) is 12.2. The lowest BCUT2D eigenvalue weighted by atomic mass is 9.85. The molecule has 1 atom stereocenters. The summed E-state index contributed by atoms with van der Waals surface area (Å²) in [5.74, 6) is -4.13. The molecule has 0 spiro atoms. The van der Waals surface area contributed by atoms with E-state index in [2.05, 4.69) is 4.74 Å². The van der Waals surface area contributed by atoms with Crippen LogP contribution in [0.2, 0.25) is 0 Å². The second-order valence-electron chi connectivity index (χ2n) is 11.5. The van der Waals surface area contributed by atoms with Crippen LogP contribution >= 0.6 is 0 Å². The van der Waals surface area contributed by atoms with Crippen LogP contribution in [0, 0.1) is 5.82 Å². The zero-order valence-corrected chi connectivity index (χ0v) is 23.8. The van der Waals surface area contributed by atoms with Gasteiger partial charge < -0.3 is 14.2 Å². The highest BCUT2D eigenvalue weighted by Gasteiger charge is 2.46. The lowest BCUT2D eigenvalue weighted by Crippen LogP contribution is -2.41. The van der Waals surface area contributed by atoms with Crippen LogP contribution < -0.4 is 4.74 Å². The van der Waals surface area contributed by atoms with E-state index in [-0.39, 0.29) is 23.5 Å². The van der Waals surface area contributed by atoms with Gasteiger partial charge in [-0.05, 0) is 108 Å². The van der Waals surface area contributed by atoms with E-state index in [4.69, 9.17) is 9.47 Å². The van der Waals surface area contributed by atoms with Crippen LogP contribution in [-0.4, -0.2) is 35.0 Å². The van der Waals surface area contributed by atoms with Gasteiger partial charge in [-0.1, -0.05) is 24.3 Å². The number of rotatable bonds is 9. The molecule has 0 N–H and O–H groups in total. The zero-order valence-electron chi connectivity index (χ0n) is 23.8. The van der Waals surface area contributed by atoms with Crippen molar-refractivity contribution in [2.75, 3.05) is 0 Å². The molecule has 0 bridgehead atoms. The quantitative estimate of drug-likeness (QED) is 0.198. The third-order valence-corrected chi connectivity index (χ3v) is 5.64. The van der Waals surface area contributed by atoms with E-state index >= 15 is 0 Å². The van der Waals surface area contributed by atoms with Crippen molar-refractivity contribution in [3.05, 3.63) is 101 Å². The fraction of sp³-hybridized carbons (Fsp3) is 0.344. The summed E-state index contributed by atoms with van der Waals surface area (Å²) in [6.07, 6.45) is -4.05. The van der Waals surface area contributed by atoms with Crippen molar-refractivity contribution >= 4 is 17.7 Å². The first-order chi connectivity index (χ1) is 18.9. The molecule has 0 saturated carbocycles. The number of esters is 2. The number of ether oxygens (including phenoxy) is 3. The fourth-order valence-electron chi connectivity index (χ4n) is 3.82. The predicted molar refractivity (Wildman–Crippen MR) is 147 cm³/mol. The maximum Gasteiger partial charge on any atom is 0.502 e. The Balaban J connectivity index is 1.85. The third-order valence-electron chi connectivity index (χ3n) is 5.64. The average molecular weight is 571 g/mol. The van der Waals surface area contributed by atoms with Gasteiger partial charge in [0.2, 0.25) is 0 Å². The summed E-state index contributed by atoms with van der Waals surface area (Å²) in [7, 11) is 0. The van der Waals surface area contributed by atoms with Crippen molar-refractivity contribution < 1.29 is 41.8 Å². The Hall–Kier alpha value is -4.14. The highest BCUT2D eigenvalue weighted by Crippen LogP contribution is 2.29. The van der Waals surface area contributed by atoms with Gasteiger partial charge in [-0.3, -0.25) is 4.79 Å². The van der Waals surface area contributed by atoms with E-state index in [1.165, 1.54) is 69.3 Å². The monoisotopic (exact) mass is 570 g/mol. The van der Waals surface area contributed by atoms with Gasteiger partial charge in [-0.15, -0.1) is 0 Å². The molecular weight excluding hydrogens is 537 g/mol. The number of Topliss-reactive ketones (excluding diaryl/α,β-unsaturated/α-hetero) is 1. The Morgan fingerprint density at radius 2 is 1.22 bits per heavy atom. The summed E-state index contributed by atoms with van der Waals surface area (Å²) in [5, 5.41) is 0. The number of ketones is 1. The van der Waals surface area contributed by atoms with E-state index in [9.17, 15) is 27.6 Å². The van der Waals surface area contributed by atoms with Crippen LogP contribution in [0.25, 0.3) is 0 Å². The maximum atomic E-state index is 14.3. The topological polar surface area (TPSA) is 78.9 Å². The van der Waals surface area contributed by atoms with Crippen molar-refractivity contribution in [2.45, 2.75) is 71.2 Å². The van der Waals surface area contributed by atoms with Crippen molar-refractivity contribution in [3.63, 3.8) is 0 Å². The summed E-state index contributed by atoms with van der Waals surface area (Å²) < 4.78 is 56.7. The summed E-state index contributed by atoms with van der Waals surface area (Å²) in [6.45, 7) is 9.66. The SMILES string of the molecule is CC(C)(C)OC(=O)c1ccc(C(Cc2ccc(OC(F)(F)C(=O)OC(C)(C)C)cc2)C(=O)c2ccc(F)cc2)cc1. The molecule has 6 nitrogen and oxygen atoms in total. The maximum absolute atomic E-state index is 14.3. The number of halogens is 3. The largest absolute Gasteiger partial charge is 0.502 e. The average Bonchev–Trinajstić information content (AvgIpc) is 2.86. The number of alkyl halides is 2. The number of benzene rings is 3. The highest BCUT2D eigenvalue weighted by atomic mass is 19.3. The number of carbonyl (C=O) groups is 3. The van der Waals surface area contributed by atoms with Crippen molar-refractivity contribution in [3.8, 4) is 5.75 Å². The summed E-state index contributed by atoms with van der Waals surface area (Å²) >= 11 is 0. The number of carbonyl (C=O) groups excluding carboxylic acids is 3. The molecule has 3 aromatic rings. The molecule has 218 valence electrons. The number of hydrogen-bond donors (Lipinski definition) is 0. The van der Waals surface area contributed by atoms with Gasteiger partial charge in [0.05, 0.1) is 11.5 Å². The van der Waals surface area contributed by atoms with Crippen molar-refractivity contribution in [1.82, 2.24) is 0 Å². The fourth-order valence-corrected chi connectivity index (χ4v) is 3.82. The molecule has 0 aliphatic carbocycles. The van der Waals surface area contributed by atoms with Gasteiger partial charge in [-0.2, -0.15) is 8.78 Å². The molecule has 1 unspecified atom stereocenters. The molecule has 41 heavy (non-hydrogen) atoms. The van der Waals surface area contributed by atoms with Crippen LogP contribution in [0.4, 0.5) is 13.2 Å². The molecule has 0 aliphatic heterocycles. The Kier molecular flexibility index (Phi) is 9.31. The van der Waals surface area contributed by atoms with Crippen molar-refractivity contribution in [2.24, 2.45) is 0 Å². The molecule has 0 aliphatic rings. The van der Waals surface area contributed by atoms with Crippen LogP contribution in [0.5, 0.6) is 5.75 Å². The molecule has 0 radical (unpaired) electrons. The van der Waals surface area contributed by atoms with Crippen LogP contribution in [0.15, 0.2) is 72.8 Å². The summed E-state index contributed by atoms with van der Waals surface area (Å²) in [6, 6.07) is 17.1. The van der Waals surface area contributed by atoms with E-state index < -0.39 is 41.0 Å². The molecule has 0 fully saturated rings. The zero-order chi connectivity index (χ0) is 30.6. The standard InChI is InChI=1S/C32H33F3O6/c1-30(2,3)40-28(37)23-11-9-21(10-12-23)26(27(36)22-13-15-24(33)16-14-22)19-20-7-17-25(18-8-20)39-32(34,35)29(38)41-31(4,5)6/h7-18,26H,19H2,1-6H3. The van der Waals surface area contributed by atoms with Crippen LogP contribution in [-0.2, 0) is 20.7 Å². The minimum absolute atomic E-state index is 0.157. The molecule has 0 heterocycles. The number of hydrogen-bond acceptors (Lipinski definition) is 6. The van der Waals surface area contributed by atoms with Gasteiger partial charge in [0.15, 0.2) is 5.78 Å². The van der Waals surface area contributed by atoms with Gasteiger partial charge >= 0.3 is 18.0 Å². The van der Waals surface area contributed by atoms with Gasteiger partial charge in [-0.25, -0.2) is 14.0 Å². The molecule has 0 amide bonds. The molecule has 0 aromatic heterocycles. The summed E-state index contributed by atoms with van der Waals surface area (Å²) in [5.41, 5.74) is -0.0132. The Morgan fingerprint density at radius 3 is 1.73 bits per heavy atom. The van der Waals surface area contributed by atoms with Crippen LogP contribution in [0.3, 0.4) is 0 Å². The first-order valence-electron chi connectivity index (χ1n) is 13.0. The van der Waals surface area contributed by atoms with E-state index in [0.29, 0.717) is 16.7 Å². The lowest BCUT2D eigenvalue weighted by molar-refractivity contribution is -0.226. The van der Waals surface area contributed by atoms with Crippen molar-refractivity contribution in [1.29, 1.82) is 0 Å². The van der Waals surface area contributed by atoms with E-state index in [0.717, 1.165) is 0 Å². The Bertz CT molecular complexity index is 1370. The third kappa shape index (κ3) is 9.20. The molecular formula is C32H33F3O6.